The van der Waals surface area contributed by atoms with Gasteiger partial charge in [-0.2, -0.15) is 13.2 Å². The lowest BCUT2D eigenvalue weighted by Crippen LogP contribution is -2.28. The zero-order valence-corrected chi connectivity index (χ0v) is 20.1. The van der Waals surface area contributed by atoms with Crippen molar-refractivity contribution in [2.45, 2.75) is 44.4 Å². The fourth-order valence-corrected chi connectivity index (χ4v) is 5.47. The van der Waals surface area contributed by atoms with Gasteiger partial charge in [-0.3, -0.25) is 0 Å². The van der Waals surface area contributed by atoms with Crippen LogP contribution in [0.1, 0.15) is 41.9 Å². The third kappa shape index (κ3) is 5.85. The van der Waals surface area contributed by atoms with Gasteiger partial charge in [-0.05, 0) is 55.7 Å². The first-order valence-corrected chi connectivity index (χ1v) is 12.1. The van der Waals surface area contributed by atoms with Crippen LogP contribution < -0.4 is 10.6 Å². The lowest BCUT2D eigenvalue weighted by Gasteiger charge is -2.26. The second kappa shape index (κ2) is 10.3. The van der Waals surface area contributed by atoms with Gasteiger partial charge in [0.1, 0.15) is 17.2 Å². The lowest BCUT2D eigenvalue weighted by molar-refractivity contribution is -0.150. The number of carbonyl (C=O) groups excluding carboxylic acids is 1. The molecule has 36 heavy (non-hydrogen) atoms. The molecule has 11 heteroatoms. The number of hydrogen-bond acceptors (Lipinski definition) is 5. The van der Waals surface area contributed by atoms with Crippen molar-refractivity contribution >= 4 is 34.7 Å². The number of nitrogens with zero attached hydrogens (tertiary/aromatic N) is 1. The Labute approximate surface area is 209 Å². The van der Waals surface area contributed by atoms with Gasteiger partial charge >= 0.3 is 18.2 Å². The zero-order chi connectivity index (χ0) is 25.9. The quantitative estimate of drug-likeness (QED) is 0.324. The summed E-state index contributed by atoms with van der Waals surface area (Å²) in [6.07, 6.45) is -1.18. The van der Waals surface area contributed by atoms with Crippen molar-refractivity contribution in [2.75, 3.05) is 17.2 Å². The molecule has 0 saturated heterocycles. The van der Waals surface area contributed by atoms with Crippen molar-refractivity contribution in [2.24, 2.45) is 0 Å². The number of aromatic nitrogens is 1. The van der Waals surface area contributed by atoms with Crippen molar-refractivity contribution in [3.05, 3.63) is 64.8 Å². The Balaban J connectivity index is 1.45. The smallest absolute Gasteiger partial charge is 0.416 e. The minimum absolute atomic E-state index is 0.0257. The Kier molecular flexibility index (Phi) is 7.32. The summed E-state index contributed by atoms with van der Waals surface area (Å²) in [7, 11) is 0. The Morgan fingerprint density at radius 1 is 1.08 bits per heavy atom. The van der Waals surface area contributed by atoms with Crippen LogP contribution in [-0.4, -0.2) is 28.7 Å². The van der Waals surface area contributed by atoms with Gasteiger partial charge in [0.05, 0.1) is 16.1 Å². The Morgan fingerprint density at radius 3 is 2.39 bits per heavy atom. The highest BCUT2D eigenvalue weighted by Crippen LogP contribution is 2.46. The first-order chi connectivity index (χ1) is 17.1. The number of halogens is 3. The van der Waals surface area contributed by atoms with Crippen molar-refractivity contribution in [1.82, 2.24) is 4.98 Å². The lowest BCUT2D eigenvalue weighted by atomic mass is 10.0. The van der Waals surface area contributed by atoms with Crippen LogP contribution >= 0.6 is 11.3 Å². The second-order valence-corrected chi connectivity index (χ2v) is 9.55. The molecule has 1 aromatic heterocycles. The standard InChI is InChI=1S/C25H24F3N3O4S/c1-15-21(36-22(29-15)24(11-2-3-12-24)35-14-20(32)33)16-7-9-18(10-8-16)30-23(34)31-19-6-4-5-17(13-19)25(26,27)28/h4-10,13H,2-3,11-12,14H2,1H3,(H,32,33)(H2,30,31,34). The monoisotopic (exact) mass is 519 g/mol. The number of benzene rings is 2. The van der Waals surface area contributed by atoms with E-state index in [1.54, 1.807) is 12.1 Å². The summed E-state index contributed by atoms with van der Waals surface area (Å²) in [6.45, 7) is 1.50. The molecule has 2 aromatic carbocycles. The van der Waals surface area contributed by atoms with E-state index in [9.17, 15) is 22.8 Å². The highest BCUT2D eigenvalue weighted by Gasteiger charge is 2.40. The molecule has 4 rings (SSSR count). The maximum absolute atomic E-state index is 12.9. The van der Waals surface area contributed by atoms with E-state index in [0.717, 1.165) is 59.0 Å². The average Bonchev–Trinajstić information content (AvgIpc) is 3.45. The number of urea groups is 1. The molecule has 7 nitrogen and oxygen atoms in total. The number of ether oxygens (including phenoxy) is 1. The van der Waals surface area contributed by atoms with E-state index in [0.29, 0.717) is 5.69 Å². The van der Waals surface area contributed by atoms with Crippen LogP contribution in [0.3, 0.4) is 0 Å². The van der Waals surface area contributed by atoms with Gasteiger partial charge in [0.15, 0.2) is 0 Å². The largest absolute Gasteiger partial charge is 0.480 e. The maximum Gasteiger partial charge on any atom is 0.416 e. The number of anilines is 2. The number of hydrogen-bond donors (Lipinski definition) is 3. The Bertz CT molecular complexity index is 1250. The summed E-state index contributed by atoms with van der Waals surface area (Å²) < 4.78 is 44.4. The third-order valence-corrected chi connectivity index (χ3v) is 7.31. The Hall–Kier alpha value is -3.44. The van der Waals surface area contributed by atoms with Gasteiger partial charge in [-0.15, -0.1) is 11.3 Å². The van der Waals surface area contributed by atoms with Crippen LogP contribution in [0.5, 0.6) is 0 Å². The highest BCUT2D eigenvalue weighted by atomic mass is 32.1. The second-order valence-electron chi connectivity index (χ2n) is 8.55. The topological polar surface area (TPSA) is 101 Å². The molecule has 0 unspecified atom stereocenters. The van der Waals surface area contributed by atoms with E-state index in [1.807, 2.05) is 19.1 Å². The van der Waals surface area contributed by atoms with Crippen molar-refractivity contribution in [1.29, 1.82) is 0 Å². The van der Waals surface area contributed by atoms with Gasteiger partial charge in [0, 0.05) is 11.4 Å². The molecule has 1 aliphatic rings. The van der Waals surface area contributed by atoms with Crippen LogP contribution in [-0.2, 0) is 21.3 Å². The first kappa shape index (κ1) is 25.6. The molecule has 1 saturated carbocycles. The number of amides is 2. The van der Waals surface area contributed by atoms with Gasteiger partial charge in [-0.1, -0.05) is 31.0 Å². The van der Waals surface area contributed by atoms with Crippen molar-refractivity contribution in [3.63, 3.8) is 0 Å². The molecule has 0 bridgehead atoms. The van der Waals surface area contributed by atoms with E-state index in [4.69, 9.17) is 14.8 Å². The number of carboxylic acid groups (broad SMARTS) is 1. The van der Waals surface area contributed by atoms with E-state index in [1.165, 1.54) is 23.5 Å². The van der Waals surface area contributed by atoms with Crippen molar-refractivity contribution in [3.8, 4) is 10.4 Å². The number of rotatable bonds is 7. The number of alkyl halides is 3. The minimum atomic E-state index is -4.50. The highest BCUT2D eigenvalue weighted by molar-refractivity contribution is 7.15. The summed E-state index contributed by atoms with van der Waals surface area (Å²) in [5.74, 6) is -1.02. The number of thiazole rings is 1. The molecule has 1 aliphatic carbocycles. The summed E-state index contributed by atoms with van der Waals surface area (Å²) in [5.41, 5.74) is 0.612. The average molecular weight is 520 g/mol. The van der Waals surface area contributed by atoms with E-state index >= 15 is 0 Å². The fourth-order valence-electron chi connectivity index (χ4n) is 4.20. The predicted octanol–water partition coefficient (Wildman–Crippen LogP) is 6.65. The molecule has 190 valence electrons. The summed E-state index contributed by atoms with van der Waals surface area (Å²) in [5, 5.41) is 14.8. The molecule has 2 amide bonds. The molecule has 0 aliphatic heterocycles. The summed E-state index contributed by atoms with van der Waals surface area (Å²) >= 11 is 1.46. The van der Waals surface area contributed by atoms with E-state index in [-0.39, 0.29) is 12.3 Å². The molecular weight excluding hydrogens is 495 g/mol. The fraction of sp³-hybridized carbons (Fsp3) is 0.320. The maximum atomic E-state index is 12.9. The van der Waals surface area contributed by atoms with E-state index < -0.39 is 29.3 Å². The number of aliphatic carboxylic acids is 1. The van der Waals surface area contributed by atoms with Crippen LogP contribution in [0, 0.1) is 6.92 Å². The molecule has 3 N–H and O–H groups in total. The van der Waals surface area contributed by atoms with Crippen LogP contribution in [0.15, 0.2) is 48.5 Å². The molecule has 0 atom stereocenters. The predicted molar refractivity (Wildman–Crippen MR) is 130 cm³/mol. The molecule has 0 radical (unpaired) electrons. The SMILES string of the molecule is Cc1nc(C2(OCC(=O)O)CCCC2)sc1-c1ccc(NC(=O)Nc2cccc(C(F)(F)F)c2)cc1. The molecular formula is C25H24F3N3O4S. The van der Waals surface area contributed by atoms with Crippen LogP contribution in [0.4, 0.5) is 29.3 Å². The van der Waals surface area contributed by atoms with E-state index in [2.05, 4.69) is 10.6 Å². The number of carboxylic acids is 1. The van der Waals surface area contributed by atoms with Gasteiger partial charge in [0.2, 0.25) is 0 Å². The van der Waals surface area contributed by atoms with Crippen LogP contribution in [0.2, 0.25) is 0 Å². The van der Waals surface area contributed by atoms with Gasteiger partial charge in [0.25, 0.3) is 0 Å². The number of carbonyl (C=O) groups is 2. The Morgan fingerprint density at radius 2 is 1.75 bits per heavy atom. The zero-order valence-electron chi connectivity index (χ0n) is 19.3. The van der Waals surface area contributed by atoms with Crippen LogP contribution in [0.25, 0.3) is 10.4 Å². The molecule has 0 spiro atoms. The minimum Gasteiger partial charge on any atom is -0.480 e. The van der Waals surface area contributed by atoms with Gasteiger partial charge < -0.3 is 20.5 Å². The van der Waals surface area contributed by atoms with Gasteiger partial charge in [-0.25, -0.2) is 14.6 Å². The summed E-state index contributed by atoms with van der Waals surface area (Å²) in [6, 6.07) is 10.7. The molecule has 1 heterocycles. The molecule has 3 aromatic rings. The normalized spacial score (nSPS) is 15.0. The first-order valence-electron chi connectivity index (χ1n) is 11.3. The van der Waals surface area contributed by atoms with Crippen molar-refractivity contribution < 1.29 is 32.6 Å². The molecule has 1 fully saturated rings. The number of nitrogens with one attached hydrogen (secondary N) is 2. The summed E-state index contributed by atoms with van der Waals surface area (Å²) in [4.78, 5) is 29.0. The third-order valence-electron chi connectivity index (χ3n) is 5.92. The number of aryl methyl sites for hydroxylation is 1.